The number of hydrogen-bond donors (Lipinski definition) is 2. The number of piperidine rings is 1. The Balaban J connectivity index is 1.75. The van der Waals surface area contributed by atoms with Gasteiger partial charge in [-0.05, 0) is 57.7 Å². The van der Waals surface area contributed by atoms with Gasteiger partial charge in [0.1, 0.15) is 5.75 Å². The van der Waals surface area contributed by atoms with Crippen LogP contribution in [0.25, 0.3) is 0 Å². The molecule has 0 radical (unpaired) electrons. The molecular formula is C21H34N4O. The Hall–Kier alpha value is -1.75. The van der Waals surface area contributed by atoms with E-state index in [1.54, 1.807) is 7.11 Å². The Bertz CT molecular complexity index is 579. The Morgan fingerprint density at radius 2 is 1.96 bits per heavy atom. The number of methoxy groups -OCH3 is 1. The zero-order valence-electron chi connectivity index (χ0n) is 16.3. The fraction of sp³-hybridized carbons (Fsp3) is 0.667. The van der Waals surface area contributed by atoms with Crippen LogP contribution >= 0.6 is 0 Å². The van der Waals surface area contributed by atoms with E-state index < -0.39 is 0 Å². The van der Waals surface area contributed by atoms with Crippen LogP contribution in [0.4, 0.5) is 0 Å². The molecule has 1 atom stereocenters. The van der Waals surface area contributed by atoms with E-state index in [0.717, 1.165) is 50.4 Å². The molecule has 1 aromatic carbocycles. The number of hydrogen-bond acceptors (Lipinski definition) is 3. The first-order chi connectivity index (χ1) is 12.8. The summed E-state index contributed by atoms with van der Waals surface area (Å²) in [6.45, 7) is 7.08. The summed E-state index contributed by atoms with van der Waals surface area (Å²) in [5, 5.41) is 6.90. The van der Waals surface area contributed by atoms with Gasteiger partial charge in [-0.25, -0.2) is 0 Å². The lowest BCUT2D eigenvalue weighted by Gasteiger charge is -2.34. The van der Waals surface area contributed by atoms with Crippen molar-refractivity contribution < 1.29 is 4.74 Å². The molecule has 5 nitrogen and oxygen atoms in total. The largest absolute Gasteiger partial charge is 0.496 e. The van der Waals surface area contributed by atoms with Gasteiger partial charge in [0.2, 0.25) is 0 Å². The molecule has 3 rings (SSSR count). The maximum atomic E-state index is 5.65. The molecule has 1 saturated carbocycles. The van der Waals surface area contributed by atoms with Crippen molar-refractivity contribution in [2.45, 2.75) is 45.1 Å². The third-order valence-corrected chi connectivity index (χ3v) is 5.35. The van der Waals surface area contributed by atoms with Crippen LogP contribution in [0.1, 0.15) is 50.6 Å². The number of ether oxygens (including phenoxy) is 1. The van der Waals surface area contributed by atoms with Gasteiger partial charge >= 0.3 is 0 Å². The van der Waals surface area contributed by atoms with Crippen LogP contribution in [0.5, 0.6) is 5.75 Å². The first-order valence-electron chi connectivity index (χ1n) is 10.2. The summed E-state index contributed by atoms with van der Waals surface area (Å²) in [4.78, 5) is 7.52. The minimum absolute atomic E-state index is 0.267. The van der Waals surface area contributed by atoms with Gasteiger partial charge in [0.15, 0.2) is 5.96 Å². The molecule has 1 aromatic rings. The molecule has 1 heterocycles. The van der Waals surface area contributed by atoms with E-state index >= 15 is 0 Å². The van der Waals surface area contributed by atoms with Crippen LogP contribution in [0.2, 0.25) is 0 Å². The Morgan fingerprint density at radius 1 is 1.19 bits per heavy atom. The van der Waals surface area contributed by atoms with E-state index in [2.05, 4.69) is 40.7 Å². The second-order valence-corrected chi connectivity index (χ2v) is 7.40. The smallest absolute Gasteiger partial charge is 0.191 e. The van der Waals surface area contributed by atoms with Crippen molar-refractivity contribution in [2.24, 2.45) is 10.9 Å². The van der Waals surface area contributed by atoms with Crippen molar-refractivity contribution in [1.82, 2.24) is 15.5 Å². The molecule has 1 aliphatic heterocycles. The molecule has 1 unspecified atom stereocenters. The number of nitrogens with zero attached hydrogens (tertiary/aromatic N) is 2. The number of likely N-dealkylation sites (tertiary alicyclic amines) is 1. The van der Waals surface area contributed by atoms with E-state index in [-0.39, 0.29) is 6.04 Å². The van der Waals surface area contributed by atoms with Gasteiger partial charge in [0.25, 0.3) is 0 Å². The Morgan fingerprint density at radius 3 is 2.65 bits per heavy atom. The lowest BCUT2D eigenvalue weighted by molar-refractivity contribution is 0.165. The monoisotopic (exact) mass is 358 g/mol. The predicted octanol–water partition coefficient (Wildman–Crippen LogP) is 3.19. The minimum Gasteiger partial charge on any atom is -0.496 e. The van der Waals surface area contributed by atoms with Gasteiger partial charge in [0.05, 0.1) is 19.7 Å². The summed E-state index contributed by atoms with van der Waals surface area (Å²) >= 11 is 0. The minimum atomic E-state index is 0.267. The summed E-state index contributed by atoms with van der Waals surface area (Å²) in [5.74, 6) is 2.75. The zero-order valence-corrected chi connectivity index (χ0v) is 16.3. The Labute approximate surface area is 158 Å². The molecule has 0 spiro atoms. The van der Waals surface area contributed by atoms with Gasteiger partial charge in [0, 0.05) is 18.7 Å². The van der Waals surface area contributed by atoms with Gasteiger partial charge in [-0.15, -0.1) is 0 Å². The van der Waals surface area contributed by atoms with Crippen molar-refractivity contribution in [1.29, 1.82) is 0 Å². The summed E-state index contributed by atoms with van der Waals surface area (Å²) in [6, 6.07) is 8.67. The molecule has 144 valence electrons. The molecule has 5 heteroatoms. The topological polar surface area (TPSA) is 48.9 Å². The highest BCUT2D eigenvalue weighted by atomic mass is 16.5. The van der Waals surface area contributed by atoms with Crippen molar-refractivity contribution in [2.75, 3.05) is 39.8 Å². The van der Waals surface area contributed by atoms with E-state index in [1.165, 1.54) is 37.7 Å². The highest BCUT2D eigenvalue weighted by Crippen LogP contribution is 2.31. The Kier molecular flexibility index (Phi) is 7.18. The van der Waals surface area contributed by atoms with Crippen molar-refractivity contribution >= 4 is 5.96 Å². The lowest BCUT2D eigenvalue weighted by Crippen LogP contribution is -2.40. The average Bonchev–Trinajstić information content (AvgIpc) is 3.52. The molecule has 0 aromatic heterocycles. The number of rotatable bonds is 8. The molecular weight excluding hydrogens is 324 g/mol. The van der Waals surface area contributed by atoms with Crippen LogP contribution in [0.3, 0.4) is 0 Å². The van der Waals surface area contributed by atoms with Crippen LogP contribution in [0, 0.1) is 5.92 Å². The lowest BCUT2D eigenvalue weighted by atomic mass is 10.0. The summed E-state index contributed by atoms with van der Waals surface area (Å²) in [6.07, 6.45) is 6.59. The fourth-order valence-electron chi connectivity index (χ4n) is 3.66. The maximum absolute atomic E-state index is 5.65. The summed E-state index contributed by atoms with van der Waals surface area (Å²) in [7, 11) is 1.76. The first kappa shape index (κ1) is 19.0. The molecule has 2 aliphatic rings. The average molecular weight is 359 g/mol. The van der Waals surface area contributed by atoms with Crippen LogP contribution in [-0.4, -0.2) is 50.7 Å². The quantitative estimate of drug-likeness (QED) is 0.553. The first-order valence-corrected chi connectivity index (χ1v) is 10.2. The second kappa shape index (κ2) is 9.81. The number of para-hydroxylation sites is 1. The van der Waals surface area contributed by atoms with Crippen LogP contribution < -0.4 is 15.4 Å². The standard InChI is InChI=1S/C21H34N4O/c1-3-22-21(23-15-17-11-12-17)24-16-19(25-13-7-4-8-14-25)18-9-5-6-10-20(18)26-2/h5-6,9-10,17,19H,3-4,7-8,11-16H2,1-2H3,(H2,22,23,24). The maximum Gasteiger partial charge on any atom is 0.191 e. The third kappa shape index (κ3) is 5.37. The SMILES string of the molecule is CCNC(=NCC(c1ccccc1OC)N1CCCCC1)NCC1CC1. The van der Waals surface area contributed by atoms with Gasteiger partial charge in [-0.3, -0.25) is 9.89 Å². The molecule has 2 N–H and O–H groups in total. The van der Waals surface area contributed by atoms with Gasteiger partial charge in [-0.2, -0.15) is 0 Å². The van der Waals surface area contributed by atoms with E-state index in [9.17, 15) is 0 Å². The van der Waals surface area contributed by atoms with Gasteiger partial charge in [-0.1, -0.05) is 24.6 Å². The van der Waals surface area contributed by atoms with Crippen molar-refractivity contribution in [3.8, 4) is 5.75 Å². The molecule has 2 fully saturated rings. The molecule has 0 amide bonds. The van der Waals surface area contributed by atoms with Crippen molar-refractivity contribution in [3.63, 3.8) is 0 Å². The molecule has 1 saturated heterocycles. The van der Waals surface area contributed by atoms with Gasteiger partial charge < -0.3 is 15.4 Å². The third-order valence-electron chi connectivity index (χ3n) is 5.35. The highest BCUT2D eigenvalue weighted by molar-refractivity contribution is 5.79. The molecule has 26 heavy (non-hydrogen) atoms. The zero-order chi connectivity index (χ0) is 18.2. The summed E-state index contributed by atoms with van der Waals surface area (Å²) < 4.78 is 5.65. The molecule has 1 aliphatic carbocycles. The normalized spacial score (nSPS) is 19.8. The number of aliphatic imine (C=N–C) groups is 1. The number of guanidine groups is 1. The molecule has 0 bridgehead atoms. The number of nitrogens with one attached hydrogen (secondary N) is 2. The van der Waals surface area contributed by atoms with E-state index in [1.807, 2.05) is 6.07 Å². The van der Waals surface area contributed by atoms with Crippen LogP contribution in [-0.2, 0) is 0 Å². The second-order valence-electron chi connectivity index (χ2n) is 7.40. The fourth-order valence-corrected chi connectivity index (χ4v) is 3.66. The predicted molar refractivity (Wildman–Crippen MR) is 108 cm³/mol. The number of benzene rings is 1. The summed E-state index contributed by atoms with van der Waals surface area (Å²) in [5.41, 5.74) is 1.25. The van der Waals surface area contributed by atoms with Crippen LogP contribution in [0.15, 0.2) is 29.3 Å². The van der Waals surface area contributed by atoms with Crippen molar-refractivity contribution in [3.05, 3.63) is 29.8 Å². The van der Waals surface area contributed by atoms with E-state index in [4.69, 9.17) is 9.73 Å². The van der Waals surface area contributed by atoms with E-state index in [0.29, 0.717) is 0 Å². The highest BCUT2D eigenvalue weighted by Gasteiger charge is 2.25.